The molecule has 0 spiro atoms. The first kappa shape index (κ1) is 10.3. The summed E-state index contributed by atoms with van der Waals surface area (Å²) in [5.74, 6) is 0.535. The fourth-order valence-electron chi connectivity index (χ4n) is 0.800. The van der Waals surface area contributed by atoms with Crippen molar-refractivity contribution in [2.45, 2.75) is 26.4 Å². The third-order valence-corrected chi connectivity index (χ3v) is 2.09. The van der Waals surface area contributed by atoms with Crippen molar-refractivity contribution < 1.29 is 4.74 Å². The Kier molecular flexibility index (Phi) is 2.81. The zero-order valence-corrected chi connectivity index (χ0v) is 9.55. The molecule has 0 aromatic carbocycles. The van der Waals surface area contributed by atoms with E-state index in [9.17, 15) is 0 Å². The van der Waals surface area contributed by atoms with Crippen molar-refractivity contribution in [3.8, 4) is 5.88 Å². The highest BCUT2D eigenvalue weighted by atomic mass is 79.9. The average Bonchev–Trinajstić information content (AvgIpc) is 1.96. The summed E-state index contributed by atoms with van der Waals surface area (Å²) in [5, 5.41) is 0. The van der Waals surface area contributed by atoms with Crippen molar-refractivity contribution in [2.75, 3.05) is 5.73 Å². The van der Waals surface area contributed by atoms with Crippen molar-refractivity contribution in [1.82, 2.24) is 4.98 Å². The highest BCUT2D eigenvalue weighted by Crippen LogP contribution is 2.30. The van der Waals surface area contributed by atoms with Gasteiger partial charge in [0.05, 0.1) is 5.69 Å². The second-order valence-electron chi connectivity index (χ2n) is 3.73. The van der Waals surface area contributed by atoms with E-state index in [4.69, 9.17) is 10.5 Å². The van der Waals surface area contributed by atoms with Crippen LogP contribution in [0.1, 0.15) is 20.8 Å². The molecule has 0 atom stereocenters. The lowest BCUT2D eigenvalue weighted by molar-refractivity contribution is 0.123. The number of nitrogens with zero attached hydrogens (tertiary/aromatic N) is 1. The molecule has 72 valence electrons. The molecule has 0 saturated carbocycles. The lowest BCUT2D eigenvalue weighted by Gasteiger charge is -2.21. The lowest BCUT2D eigenvalue weighted by Crippen LogP contribution is -2.23. The molecule has 0 radical (unpaired) electrons. The molecule has 1 aromatic rings. The van der Waals surface area contributed by atoms with E-state index in [1.165, 1.54) is 0 Å². The molecular formula is C9H13BrN2O. The van der Waals surface area contributed by atoms with Crippen LogP contribution in [0.2, 0.25) is 0 Å². The number of nitrogens with two attached hydrogens (primary N) is 1. The summed E-state index contributed by atoms with van der Waals surface area (Å²) in [7, 11) is 0. The number of hydrogen-bond donors (Lipinski definition) is 1. The minimum atomic E-state index is -0.261. The summed E-state index contributed by atoms with van der Waals surface area (Å²) >= 11 is 3.32. The molecule has 0 saturated heterocycles. The van der Waals surface area contributed by atoms with E-state index in [0.717, 1.165) is 0 Å². The number of nitrogen functional groups attached to an aromatic ring is 1. The van der Waals surface area contributed by atoms with Gasteiger partial charge in [-0.25, -0.2) is 4.98 Å². The number of pyridine rings is 1. The Morgan fingerprint density at radius 1 is 1.46 bits per heavy atom. The van der Waals surface area contributed by atoms with Gasteiger partial charge in [0, 0.05) is 6.20 Å². The van der Waals surface area contributed by atoms with Gasteiger partial charge in [0.15, 0.2) is 0 Å². The number of halogens is 1. The van der Waals surface area contributed by atoms with Crippen molar-refractivity contribution in [3.05, 3.63) is 16.7 Å². The van der Waals surface area contributed by atoms with E-state index in [2.05, 4.69) is 20.9 Å². The maximum Gasteiger partial charge on any atom is 0.230 e. The van der Waals surface area contributed by atoms with Crippen molar-refractivity contribution in [2.24, 2.45) is 0 Å². The number of anilines is 1. The fourth-order valence-corrected chi connectivity index (χ4v) is 1.12. The van der Waals surface area contributed by atoms with Crippen molar-refractivity contribution in [1.29, 1.82) is 0 Å². The van der Waals surface area contributed by atoms with E-state index in [0.29, 0.717) is 16.0 Å². The van der Waals surface area contributed by atoms with Gasteiger partial charge in [0.2, 0.25) is 5.88 Å². The fraction of sp³-hybridized carbons (Fsp3) is 0.444. The normalized spacial score (nSPS) is 11.4. The molecule has 2 N–H and O–H groups in total. The Balaban J connectivity index is 2.96. The largest absolute Gasteiger partial charge is 0.471 e. The number of aromatic nitrogens is 1. The summed E-state index contributed by atoms with van der Waals surface area (Å²) in [6.07, 6.45) is 1.63. The van der Waals surface area contributed by atoms with Crippen LogP contribution >= 0.6 is 15.9 Å². The topological polar surface area (TPSA) is 48.1 Å². The summed E-state index contributed by atoms with van der Waals surface area (Å²) in [5.41, 5.74) is 6.05. The molecule has 13 heavy (non-hydrogen) atoms. The zero-order valence-electron chi connectivity index (χ0n) is 7.97. The van der Waals surface area contributed by atoms with Gasteiger partial charge in [-0.1, -0.05) is 0 Å². The number of ether oxygens (including phenoxy) is 1. The summed E-state index contributed by atoms with van der Waals surface area (Å²) < 4.78 is 6.29. The average molecular weight is 245 g/mol. The first-order valence-corrected chi connectivity index (χ1v) is 4.78. The van der Waals surface area contributed by atoms with Gasteiger partial charge < -0.3 is 10.5 Å². The molecular weight excluding hydrogens is 232 g/mol. The second-order valence-corrected chi connectivity index (χ2v) is 4.53. The van der Waals surface area contributed by atoms with Crippen molar-refractivity contribution in [3.63, 3.8) is 0 Å². The monoisotopic (exact) mass is 244 g/mol. The van der Waals surface area contributed by atoms with Crippen LogP contribution in [0.4, 0.5) is 5.69 Å². The van der Waals surface area contributed by atoms with Gasteiger partial charge in [0.1, 0.15) is 10.1 Å². The van der Waals surface area contributed by atoms with Crippen LogP contribution in [0, 0.1) is 0 Å². The standard InChI is InChI=1S/C9H13BrN2O/c1-9(2,3)13-8-7(10)6(11)4-5-12-8/h4-5H,1-3H3,(H2,11,12). The first-order chi connectivity index (χ1) is 5.90. The molecule has 0 bridgehead atoms. The highest BCUT2D eigenvalue weighted by molar-refractivity contribution is 9.10. The van der Waals surface area contributed by atoms with E-state index >= 15 is 0 Å². The maximum atomic E-state index is 5.67. The number of rotatable bonds is 1. The predicted molar refractivity (Wildman–Crippen MR) is 56.7 cm³/mol. The molecule has 1 rings (SSSR count). The summed E-state index contributed by atoms with van der Waals surface area (Å²) in [6.45, 7) is 5.89. The zero-order chi connectivity index (χ0) is 10.1. The van der Waals surface area contributed by atoms with Crippen LogP contribution in [0.5, 0.6) is 5.88 Å². The third-order valence-electron chi connectivity index (χ3n) is 1.29. The van der Waals surface area contributed by atoms with Crippen LogP contribution in [-0.4, -0.2) is 10.6 Å². The molecule has 1 aromatic heterocycles. The predicted octanol–water partition coefficient (Wildman–Crippen LogP) is 2.60. The van der Waals surface area contributed by atoms with E-state index in [1.807, 2.05) is 20.8 Å². The minimum Gasteiger partial charge on any atom is -0.471 e. The van der Waals surface area contributed by atoms with Gasteiger partial charge in [0.25, 0.3) is 0 Å². The molecule has 0 aliphatic rings. The van der Waals surface area contributed by atoms with Gasteiger partial charge in [-0.05, 0) is 42.8 Å². The minimum absolute atomic E-state index is 0.261. The molecule has 0 amide bonds. The number of hydrogen-bond acceptors (Lipinski definition) is 3. The Morgan fingerprint density at radius 2 is 2.08 bits per heavy atom. The third kappa shape index (κ3) is 2.88. The SMILES string of the molecule is CC(C)(C)Oc1nccc(N)c1Br. The second kappa shape index (κ2) is 3.54. The van der Waals surface area contributed by atoms with Crippen LogP contribution in [0.25, 0.3) is 0 Å². The Morgan fingerprint density at radius 3 is 2.62 bits per heavy atom. The van der Waals surface area contributed by atoms with Crippen molar-refractivity contribution >= 4 is 21.6 Å². The van der Waals surface area contributed by atoms with Crippen LogP contribution in [-0.2, 0) is 0 Å². The van der Waals surface area contributed by atoms with Crippen LogP contribution < -0.4 is 10.5 Å². The van der Waals surface area contributed by atoms with Gasteiger partial charge in [-0.3, -0.25) is 0 Å². The van der Waals surface area contributed by atoms with Gasteiger partial charge in [-0.2, -0.15) is 0 Å². The highest BCUT2D eigenvalue weighted by Gasteiger charge is 2.15. The molecule has 0 unspecified atom stereocenters. The Hall–Kier alpha value is -0.770. The molecule has 0 aliphatic heterocycles. The molecule has 3 nitrogen and oxygen atoms in total. The van der Waals surface area contributed by atoms with E-state index in [-0.39, 0.29) is 5.60 Å². The molecule has 0 aliphatic carbocycles. The van der Waals surface area contributed by atoms with Crippen LogP contribution in [0.15, 0.2) is 16.7 Å². The van der Waals surface area contributed by atoms with Gasteiger partial charge in [-0.15, -0.1) is 0 Å². The van der Waals surface area contributed by atoms with Gasteiger partial charge >= 0.3 is 0 Å². The Labute approximate surface area is 86.4 Å². The maximum absolute atomic E-state index is 5.67. The van der Waals surface area contributed by atoms with Crippen LogP contribution in [0.3, 0.4) is 0 Å². The first-order valence-electron chi connectivity index (χ1n) is 3.99. The summed E-state index contributed by atoms with van der Waals surface area (Å²) in [4.78, 5) is 4.08. The Bertz CT molecular complexity index is 307. The lowest BCUT2D eigenvalue weighted by atomic mass is 10.2. The smallest absolute Gasteiger partial charge is 0.230 e. The van der Waals surface area contributed by atoms with E-state index < -0.39 is 0 Å². The molecule has 1 heterocycles. The van der Waals surface area contributed by atoms with E-state index in [1.54, 1.807) is 12.3 Å². The quantitative estimate of drug-likeness (QED) is 0.827. The molecule has 0 fully saturated rings. The molecule has 4 heteroatoms. The summed E-state index contributed by atoms with van der Waals surface area (Å²) in [6, 6.07) is 1.72.